The molecule has 1 aliphatic heterocycles. The van der Waals surface area contributed by atoms with Gasteiger partial charge in [-0.05, 0) is 48.7 Å². The van der Waals surface area contributed by atoms with Crippen LogP contribution in [-0.4, -0.2) is 12.5 Å². The molecule has 4 heteroatoms. The number of hydrogen-bond acceptors (Lipinski definition) is 1. The molecule has 0 aliphatic carbocycles. The van der Waals surface area contributed by atoms with Gasteiger partial charge in [0.05, 0.1) is 5.69 Å². The van der Waals surface area contributed by atoms with Crippen molar-refractivity contribution >= 4 is 23.2 Å². The quantitative estimate of drug-likeness (QED) is 0.775. The molecular weight excluding hydrogens is 277 g/mol. The molecule has 0 aromatic heterocycles. The maximum Gasteiger partial charge on any atom is 0.258 e. The van der Waals surface area contributed by atoms with E-state index >= 15 is 0 Å². The highest BCUT2D eigenvalue weighted by molar-refractivity contribution is 6.31. The van der Waals surface area contributed by atoms with Gasteiger partial charge in [-0.15, -0.1) is 0 Å². The lowest BCUT2D eigenvalue weighted by molar-refractivity contribution is 0.0985. The molecule has 1 amide bonds. The molecule has 2 aromatic carbocycles. The largest absolute Gasteiger partial charge is 0.308 e. The van der Waals surface area contributed by atoms with Gasteiger partial charge in [0.2, 0.25) is 0 Å². The summed E-state index contributed by atoms with van der Waals surface area (Å²) in [5, 5.41) is 0.521. The normalized spacial score (nSPS) is 14.0. The minimum atomic E-state index is -0.324. The molecule has 3 rings (SSSR count). The number of amides is 1. The smallest absolute Gasteiger partial charge is 0.258 e. The van der Waals surface area contributed by atoms with E-state index in [4.69, 9.17) is 11.6 Å². The second kappa shape index (κ2) is 5.25. The van der Waals surface area contributed by atoms with Crippen molar-refractivity contribution in [1.29, 1.82) is 0 Å². The SMILES string of the molecule is O=C(c1cccc(Cl)c1)N1CCCc2ccc(F)cc21. The molecule has 0 saturated heterocycles. The summed E-state index contributed by atoms with van der Waals surface area (Å²) in [6.45, 7) is 0.599. The first-order chi connectivity index (χ1) is 9.65. The van der Waals surface area contributed by atoms with Crippen molar-refractivity contribution in [1.82, 2.24) is 0 Å². The zero-order chi connectivity index (χ0) is 14.1. The van der Waals surface area contributed by atoms with Gasteiger partial charge in [-0.1, -0.05) is 23.7 Å². The van der Waals surface area contributed by atoms with Crippen molar-refractivity contribution in [2.24, 2.45) is 0 Å². The minimum absolute atomic E-state index is 0.140. The number of nitrogens with zero attached hydrogens (tertiary/aromatic N) is 1. The Hall–Kier alpha value is -1.87. The summed E-state index contributed by atoms with van der Waals surface area (Å²) in [7, 11) is 0. The summed E-state index contributed by atoms with van der Waals surface area (Å²) in [5.74, 6) is -0.464. The van der Waals surface area contributed by atoms with Crippen LogP contribution < -0.4 is 4.90 Å². The Balaban J connectivity index is 2.00. The molecule has 0 fully saturated rings. The highest BCUT2D eigenvalue weighted by atomic mass is 35.5. The number of carbonyl (C=O) groups excluding carboxylic acids is 1. The van der Waals surface area contributed by atoms with Crippen LogP contribution in [0.4, 0.5) is 10.1 Å². The van der Waals surface area contributed by atoms with E-state index in [2.05, 4.69) is 0 Å². The zero-order valence-corrected chi connectivity index (χ0v) is 11.5. The maximum atomic E-state index is 13.4. The van der Waals surface area contributed by atoms with Gasteiger partial charge in [0.25, 0.3) is 5.91 Å². The van der Waals surface area contributed by atoms with Gasteiger partial charge in [0.15, 0.2) is 0 Å². The van der Waals surface area contributed by atoms with E-state index in [0.29, 0.717) is 22.8 Å². The van der Waals surface area contributed by atoms with Crippen molar-refractivity contribution in [3.63, 3.8) is 0 Å². The van der Waals surface area contributed by atoms with E-state index in [9.17, 15) is 9.18 Å². The fourth-order valence-corrected chi connectivity index (χ4v) is 2.73. The van der Waals surface area contributed by atoms with E-state index < -0.39 is 0 Å². The van der Waals surface area contributed by atoms with Crippen LogP contribution in [0, 0.1) is 5.82 Å². The summed E-state index contributed by atoms with van der Waals surface area (Å²) in [6.07, 6.45) is 1.75. The van der Waals surface area contributed by atoms with E-state index in [1.165, 1.54) is 12.1 Å². The molecule has 102 valence electrons. The molecule has 0 saturated carbocycles. The molecule has 1 heterocycles. The third kappa shape index (κ3) is 2.41. The van der Waals surface area contributed by atoms with Crippen LogP contribution in [0.25, 0.3) is 0 Å². The first-order valence-electron chi connectivity index (χ1n) is 6.51. The third-order valence-electron chi connectivity index (χ3n) is 3.48. The summed E-state index contributed by atoms with van der Waals surface area (Å²) >= 11 is 5.92. The van der Waals surface area contributed by atoms with Gasteiger partial charge in [-0.3, -0.25) is 4.79 Å². The van der Waals surface area contributed by atoms with E-state index in [1.807, 2.05) is 0 Å². The first-order valence-corrected chi connectivity index (χ1v) is 6.89. The van der Waals surface area contributed by atoms with Gasteiger partial charge < -0.3 is 4.90 Å². The molecule has 20 heavy (non-hydrogen) atoms. The van der Waals surface area contributed by atoms with Gasteiger partial charge in [0.1, 0.15) is 5.82 Å². The van der Waals surface area contributed by atoms with Crippen LogP contribution in [0.15, 0.2) is 42.5 Å². The molecule has 0 spiro atoms. The molecule has 0 bridgehead atoms. The number of anilines is 1. The lowest BCUT2D eigenvalue weighted by Gasteiger charge is -2.29. The fraction of sp³-hybridized carbons (Fsp3) is 0.188. The van der Waals surface area contributed by atoms with Gasteiger partial charge in [-0.2, -0.15) is 0 Å². The lowest BCUT2D eigenvalue weighted by atomic mass is 10.0. The average molecular weight is 290 g/mol. The Bertz CT molecular complexity index is 671. The van der Waals surface area contributed by atoms with Crippen molar-refractivity contribution in [2.45, 2.75) is 12.8 Å². The Kier molecular flexibility index (Phi) is 3.45. The standard InChI is InChI=1S/C16H13ClFNO/c17-13-5-1-3-12(9-13)16(20)19-8-2-4-11-6-7-14(18)10-15(11)19/h1,3,5-7,9-10H,2,4,8H2. The van der Waals surface area contributed by atoms with Crippen LogP contribution in [-0.2, 0) is 6.42 Å². The van der Waals surface area contributed by atoms with Crippen LogP contribution in [0.2, 0.25) is 5.02 Å². The van der Waals surface area contributed by atoms with Crippen molar-refractivity contribution in [3.05, 3.63) is 64.4 Å². The Morgan fingerprint density at radius 2 is 2.05 bits per heavy atom. The average Bonchev–Trinajstić information content (AvgIpc) is 2.46. The number of carbonyl (C=O) groups is 1. The Morgan fingerprint density at radius 3 is 2.85 bits per heavy atom. The third-order valence-corrected chi connectivity index (χ3v) is 3.72. The van der Waals surface area contributed by atoms with Crippen LogP contribution in [0.1, 0.15) is 22.3 Å². The Labute approximate surface area is 121 Å². The summed E-state index contributed by atoms with van der Waals surface area (Å²) < 4.78 is 13.4. The predicted molar refractivity (Wildman–Crippen MR) is 77.8 cm³/mol. The minimum Gasteiger partial charge on any atom is -0.308 e. The summed E-state index contributed by atoms with van der Waals surface area (Å²) in [5.41, 5.74) is 2.20. The number of benzene rings is 2. The number of aryl methyl sites for hydroxylation is 1. The number of fused-ring (bicyclic) bond motifs is 1. The maximum absolute atomic E-state index is 13.4. The number of hydrogen-bond donors (Lipinski definition) is 0. The lowest BCUT2D eigenvalue weighted by Crippen LogP contribution is -2.35. The van der Waals surface area contributed by atoms with Gasteiger partial charge >= 0.3 is 0 Å². The van der Waals surface area contributed by atoms with E-state index in [1.54, 1.807) is 35.2 Å². The highest BCUT2D eigenvalue weighted by Crippen LogP contribution is 2.29. The van der Waals surface area contributed by atoms with Crippen molar-refractivity contribution < 1.29 is 9.18 Å². The van der Waals surface area contributed by atoms with E-state index in [0.717, 1.165) is 18.4 Å². The molecule has 1 aliphatic rings. The summed E-state index contributed by atoms with van der Waals surface area (Å²) in [6, 6.07) is 11.4. The first kappa shape index (κ1) is 13.1. The van der Waals surface area contributed by atoms with E-state index in [-0.39, 0.29) is 11.7 Å². The zero-order valence-electron chi connectivity index (χ0n) is 10.8. The van der Waals surface area contributed by atoms with Crippen LogP contribution >= 0.6 is 11.6 Å². The molecule has 2 aromatic rings. The molecule has 0 atom stereocenters. The molecular formula is C16H13ClFNO. The molecule has 0 unspecified atom stereocenters. The topological polar surface area (TPSA) is 20.3 Å². The van der Waals surface area contributed by atoms with Crippen LogP contribution in [0.5, 0.6) is 0 Å². The second-order valence-electron chi connectivity index (χ2n) is 4.84. The fourth-order valence-electron chi connectivity index (χ4n) is 2.54. The summed E-state index contributed by atoms with van der Waals surface area (Å²) in [4.78, 5) is 14.2. The molecule has 2 nitrogen and oxygen atoms in total. The number of halogens is 2. The van der Waals surface area contributed by atoms with Crippen molar-refractivity contribution in [3.8, 4) is 0 Å². The predicted octanol–water partition coefficient (Wildman–Crippen LogP) is 4.07. The molecule has 0 N–H and O–H groups in total. The second-order valence-corrected chi connectivity index (χ2v) is 5.28. The van der Waals surface area contributed by atoms with Gasteiger partial charge in [-0.25, -0.2) is 4.39 Å². The molecule has 0 radical (unpaired) electrons. The highest BCUT2D eigenvalue weighted by Gasteiger charge is 2.24. The van der Waals surface area contributed by atoms with Gasteiger partial charge in [0, 0.05) is 17.1 Å². The van der Waals surface area contributed by atoms with Crippen molar-refractivity contribution in [2.75, 3.05) is 11.4 Å². The number of rotatable bonds is 1. The monoisotopic (exact) mass is 289 g/mol. The van der Waals surface area contributed by atoms with Crippen LogP contribution in [0.3, 0.4) is 0 Å². The Morgan fingerprint density at radius 1 is 1.20 bits per heavy atom.